The minimum atomic E-state index is -0.0159. The van der Waals surface area contributed by atoms with Crippen LogP contribution in [0.4, 0.5) is 0 Å². The molecular formula is C23H25N3O3. The van der Waals surface area contributed by atoms with Crippen molar-refractivity contribution in [2.45, 2.75) is 32.1 Å². The summed E-state index contributed by atoms with van der Waals surface area (Å²) in [6.07, 6.45) is 6.04. The average molecular weight is 391 g/mol. The molecule has 1 amide bonds. The van der Waals surface area contributed by atoms with Crippen LogP contribution in [-0.2, 0) is 6.42 Å². The average Bonchev–Trinajstić information content (AvgIpc) is 3.23. The number of piperidine rings is 1. The number of aryl methyl sites for hydroxylation is 1. The molecule has 0 spiro atoms. The molecule has 1 fully saturated rings. The van der Waals surface area contributed by atoms with Crippen LogP contribution in [-0.4, -0.2) is 41.0 Å². The molecule has 0 saturated carbocycles. The van der Waals surface area contributed by atoms with Crippen LogP contribution in [0, 0.1) is 6.92 Å². The number of aromatic nitrogens is 2. The monoisotopic (exact) mass is 391 g/mol. The van der Waals surface area contributed by atoms with Crippen molar-refractivity contribution >= 4 is 5.91 Å². The van der Waals surface area contributed by atoms with E-state index >= 15 is 0 Å². The third-order valence-corrected chi connectivity index (χ3v) is 5.38. The summed E-state index contributed by atoms with van der Waals surface area (Å²) >= 11 is 0. The molecule has 1 unspecified atom stereocenters. The number of benzene rings is 1. The van der Waals surface area contributed by atoms with Gasteiger partial charge in [0.2, 0.25) is 0 Å². The maximum absolute atomic E-state index is 12.9. The van der Waals surface area contributed by atoms with Crippen molar-refractivity contribution in [3.05, 3.63) is 77.3 Å². The molecule has 3 aromatic rings. The zero-order valence-electron chi connectivity index (χ0n) is 16.8. The van der Waals surface area contributed by atoms with Crippen molar-refractivity contribution in [3.8, 4) is 5.75 Å². The van der Waals surface area contributed by atoms with Crippen molar-refractivity contribution in [2.24, 2.45) is 0 Å². The predicted octanol–water partition coefficient (Wildman–Crippen LogP) is 4.00. The Kier molecular flexibility index (Phi) is 5.60. The fraction of sp³-hybridized carbons (Fsp3) is 0.348. The number of ether oxygens (including phenoxy) is 1. The van der Waals surface area contributed by atoms with E-state index in [0.717, 1.165) is 42.0 Å². The van der Waals surface area contributed by atoms with Gasteiger partial charge in [0, 0.05) is 25.7 Å². The summed E-state index contributed by atoms with van der Waals surface area (Å²) in [5.41, 5.74) is 2.57. The minimum absolute atomic E-state index is 0.0159. The summed E-state index contributed by atoms with van der Waals surface area (Å²) < 4.78 is 11.2. The Morgan fingerprint density at radius 3 is 2.83 bits per heavy atom. The van der Waals surface area contributed by atoms with E-state index in [1.165, 1.54) is 0 Å². The van der Waals surface area contributed by atoms with Gasteiger partial charge in [-0.3, -0.25) is 9.78 Å². The number of pyridine rings is 1. The van der Waals surface area contributed by atoms with E-state index in [-0.39, 0.29) is 11.8 Å². The number of oxazole rings is 1. The zero-order chi connectivity index (χ0) is 20.2. The number of carbonyl (C=O) groups excluding carboxylic acids is 1. The van der Waals surface area contributed by atoms with Crippen LogP contribution in [0.15, 0.2) is 53.2 Å². The molecule has 3 heterocycles. The molecule has 29 heavy (non-hydrogen) atoms. The molecule has 0 aliphatic carbocycles. The van der Waals surface area contributed by atoms with Crippen LogP contribution >= 0.6 is 0 Å². The number of carbonyl (C=O) groups is 1. The summed E-state index contributed by atoms with van der Waals surface area (Å²) in [5.74, 6) is 2.47. The van der Waals surface area contributed by atoms with E-state index in [9.17, 15) is 4.79 Å². The fourth-order valence-electron chi connectivity index (χ4n) is 3.76. The molecule has 1 saturated heterocycles. The second-order valence-electron chi connectivity index (χ2n) is 7.45. The standard InChI is InChI=1S/C23H25N3O3/c1-16-5-3-11-24-21(16)23(27)26-12-4-6-18(15-26)22-25-14-20(29-22)13-17-7-9-19(28-2)10-8-17/h3,5,7-11,14,18H,4,6,12-13,15H2,1-2H3. The van der Waals surface area contributed by atoms with Gasteiger partial charge in [-0.15, -0.1) is 0 Å². The van der Waals surface area contributed by atoms with Gasteiger partial charge >= 0.3 is 0 Å². The number of hydrogen-bond acceptors (Lipinski definition) is 5. The molecular weight excluding hydrogens is 366 g/mol. The van der Waals surface area contributed by atoms with Crippen molar-refractivity contribution in [3.63, 3.8) is 0 Å². The molecule has 0 radical (unpaired) electrons. The maximum Gasteiger partial charge on any atom is 0.272 e. The highest BCUT2D eigenvalue weighted by Crippen LogP contribution is 2.28. The van der Waals surface area contributed by atoms with Gasteiger partial charge in [-0.25, -0.2) is 4.98 Å². The Bertz CT molecular complexity index is 981. The molecule has 150 valence electrons. The summed E-state index contributed by atoms with van der Waals surface area (Å²) in [7, 11) is 1.66. The van der Waals surface area contributed by atoms with Crippen LogP contribution in [0.2, 0.25) is 0 Å². The number of likely N-dealkylation sites (tertiary alicyclic amines) is 1. The fourth-order valence-corrected chi connectivity index (χ4v) is 3.76. The Morgan fingerprint density at radius 2 is 2.07 bits per heavy atom. The highest BCUT2D eigenvalue weighted by molar-refractivity contribution is 5.93. The largest absolute Gasteiger partial charge is 0.497 e. The number of methoxy groups -OCH3 is 1. The number of nitrogens with zero attached hydrogens (tertiary/aromatic N) is 3. The Labute approximate surface area is 170 Å². The smallest absolute Gasteiger partial charge is 0.272 e. The molecule has 0 bridgehead atoms. The van der Waals surface area contributed by atoms with E-state index in [2.05, 4.69) is 9.97 Å². The molecule has 4 rings (SSSR count). The van der Waals surface area contributed by atoms with Gasteiger partial charge in [0.05, 0.1) is 19.2 Å². The van der Waals surface area contributed by atoms with Gasteiger partial charge in [0.25, 0.3) is 5.91 Å². The maximum atomic E-state index is 12.9. The molecule has 1 aromatic carbocycles. The Balaban J connectivity index is 1.43. The lowest BCUT2D eigenvalue weighted by Gasteiger charge is -2.31. The molecule has 1 aliphatic rings. The van der Waals surface area contributed by atoms with E-state index < -0.39 is 0 Å². The quantitative estimate of drug-likeness (QED) is 0.658. The highest BCUT2D eigenvalue weighted by Gasteiger charge is 2.29. The SMILES string of the molecule is COc1ccc(Cc2cnc(C3CCCN(C(=O)c4ncccc4C)C3)o2)cc1. The van der Waals surface area contributed by atoms with Crippen molar-refractivity contribution < 1.29 is 13.9 Å². The summed E-state index contributed by atoms with van der Waals surface area (Å²) in [6, 6.07) is 11.7. The molecule has 1 atom stereocenters. The van der Waals surface area contributed by atoms with Crippen LogP contribution in [0.3, 0.4) is 0 Å². The second-order valence-corrected chi connectivity index (χ2v) is 7.45. The minimum Gasteiger partial charge on any atom is -0.497 e. The lowest BCUT2D eigenvalue weighted by molar-refractivity contribution is 0.0691. The van der Waals surface area contributed by atoms with Gasteiger partial charge in [-0.2, -0.15) is 0 Å². The molecule has 0 N–H and O–H groups in total. The molecule has 2 aromatic heterocycles. The normalized spacial score (nSPS) is 16.6. The van der Waals surface area contributed by atoms with Gasteiger partial charge < -0.3 is 14.1 Å². The predicted molar refractivity (Wildman–Crippen MR) is 109 cm³/mol. The molecule has 6 nitrogen and oxygen atoms in total. The first-order valence-corrected chi connectivity index (χ1v) is 9.92. The Morgan fingerprint density at radius 1 is 1.24 bits per heavy atom. The van der Waals surface area contributed by atoms with Crippen molar-refractivity contribution in [2.75, 3.05) is 20.2 Å². The lowest BCUT2D eigenvalue weighted by atomic mass is 9.97. The highest BCUT2D eigenvalue weighted by atomic mass is 16.5. The number of hydrogen-bond donors (Lipinski definition) is 0. The van der Waals surface area contributed by atoms with Gasteiger partial charge in [-0.05, 0) is 49.1 Å². The van der Waals surface area contributed by atoms with Crippen LogP contribution in [0.25, 0.3) is 0 Å². The number of rotatable bonds is 5. The van der Waals surface area contributed by atoms with E-state index in [1.807, 2.05) is 48.2 Å². The third-order valence-electron chi connectivity index (χ3n) is 5.38. The van der Waals surface area contributed by atoms with Crippen LogP contribution < -0.4 is 4.74 Å². The summed E-state index contributed by atoms with van der Waals surface area (Å²) in [4.78, 5) is 23.6. The lowest BCUT2D eigenvalue weighted by Crippen LogP contribution is -2.39. The topological polar surface area (TPSA) is 68.5 Å². The van der Waals surface area contributed by atoms with Gasteiger partial charge in [0.1, 0.15) is 17.2 Å². The van der Waals surface area contributed by atoms with E-state index in [4.69, 9.17) is 9.15 Å². The van der Waals surface area contributed by atoms with Crippen LogP contribution in [0.5, 0.6) is 5.75 Å². The van der Waals surface area contributed by atoms with Crippen molar-refractivity contribution in [1.29, 1.82) is 0 Å². The molecule has 6 heteroatoms. The molecule has 1 aliphatic heterocycles. The van der Waals surface area contributed by atoms with Gasteiger partial charge in [-0.1, -0.05) is 18.2 Å². The summed E-state index contributed by atoms with van der Waals surface area (Å²) in [6.45, 7) is 3.27. The van der Waals surface area contributed by atoms with Gasteiger partial charge in [0.15, 0.2) is 5.89 Å². The third kappa shape index (κ3) is 4.31. The van der Waals surface area contributed by atoms with E-state index in [1.54, 1.807) is 19.5 Å². The first kappa shape index (κ1) is 19.2. The second kappa shape index (κ2) is 8.47. The first-order valence-electron chi connectivity index (χ1n) is 9.92. The zero-order valence-corrected chi connectivity index (χ0v) is 16.8. The Hall–Kier alpha value is -3.15. The van der Waals surface area contributed by atoms with Crippen molar-refractivity contribution in [1.82, 2.24) is 14.9 Å². The first-order chi connectivity index (χ1) is 14.1. The number of amides is 1. The van der Waals surface area contributed by atoms with Crippen LogP contribution in [0.1, 0.15) is 52.0 Å². The van der Waals surface area contributed by atoms with E-state index in [0.29, 0.717) is 24.6 Å². The summed E-state index contributed by atoms with van der Waals surface area (Å²) in [5, 5.41) is 0.